The number of carbonyl (C=O) groups excluding carboxylic acids is 1. The number of amides is 1. The maximum atomic E-state index is 12.4. The number of carboxylic acids is 1. The number of nitrogens with zero attached hydrogens (tertiary/aromatic N) is 1. The van der Waals surface area contributed by atoms with Crippen LogP contribution < -0.4 is 5.32 Å². The molecule has 0 radical (unpaired) electrons. The number of thiophene rings is 1. The molecule has 1 aromatic heterocycles. The number of carboxylic acid groups (broad SMARTS) is 1. The highest BCUT2D eigenvalue weighted by atomic mass is 32.1. The zero-order valence-electron chi connectivity index (χ0n) is 11.5. The van der Waals surface area contributed by atoms with Crippen molar-refractivity contribution in [3.63, 3.8) is 0 Å². The highest BCUT2D eigenvalue weighted by Gasteiger charge is 2.24. The molecule has 1 amide bonds. The Bertz CT molecular complexity index is 817. The molecule has 2 aromatic rings. The molecule has 0 atom stereocenters. The largest absolute Gasteiger partial charge is 0.478 e. The smallest absolute Gasteiger partial charge is 0.336 e. The van der Waals surface area contributed by atoms with Gasteiger partial charge in [-0.2, -0.15) is 5.26 Å². The van der Waals surface area contributed by atoms with Crippen LogP contribution in [0.4, 0.5) is 5.00 Å². The molecule has 2 N–H and O–H groups in total. The van der Waals surface area contributed by atoms with E-state index in [1.807, 2.05) is 0 Å². The van der Waals surface area contributed by atoms with E-state index in [1.165, 1.54) is 23.5 Å². The summed E-state index contributed by atoms with van der Waals surface area (Å²) in [5.74, 6) is -1.66. The first-order valence-corrected chi connectivity index (χ1v) is 7.61. The molecule has 22 heavy (non-hydrogen) atoms. The van der Waals surface area contributed by atoms with Gasteiger partial charge in [-0.1, -0.05) is 12.1 Å². The Labute approximate surface area is 130 Å². The highest BCUT2D eigenvalue weighted by Crippen LogP contribution is 2.38. The average molecular weight is 312 g/mol. The van der Waals surface area contributed by atoms with Gasteiger partial charge in [0.25, 0.3) is 5.91 Å². The van der Waals surface area contributed by atoms with Crippen LogP contribution in [0.1, 0.15) is 43.1 Å². The van der Waals surface area contributed by atoms with Gasteiger partial charge in [0.1, 0.15) is 11.1 Å². The molecule has 0 saturated heterocycles. The summed E-state index contributed by atoms with van der Waals surface area (Å²) < 4.78 is 0. The van der Waals surface area contributed by atoms with Crippen LogP contribution in [0.15, 0.2) is 24.3 Å². The Morgan fingerprint density at radius 2 is 1.95 bits per heavy atom. The number of nitrogens with one attached hydrogen (secondary N) is 1. The van der Waals surface area contributed by atoms with Crippen molar-refractivity contribution < 1.29 is 14.7 Å². The molecule has 0 bridgehead atoms. The van der Waals surface area contributed by atoms with Gasteiger partial charge in [-0.3, -0.25) is 4.79 Å². The number of fused-ring (bicyclic) bond motifs is 1. The van der Waals surface area contributed by atoms with E-state index in [9.17, 15) is 14.9 Å². The van der Waals surface area contributed by atoms with Crippen LogP contribution in [0, 0.1) is 11.3 Å². The van der Waals surface area contributed by atoms with Crippen LogP contribution in [0.2, 0.25) is 0 Å². The fourth-order valence-corrected chi connectivity index (χ4v) is 3.88. The number of nitriles is 1. The van der Waals surface area contributed by atoms with E-state index in [-0.39, 0.29) is 11.1 Å². The molecule has 0 spiro atoms. The van der Waals surface area contributed by atoms with Gasteiger partial charge < -0.3 is 10.4 Å². The summed E-state index contributed by atoms with van der Waals surface area (Å²) in [6, 6.07) is 8.18. The van der Waals surface area contributed by atoms with E-state index in [0.29, 0.717) is 10.6 Å². The van der Waals surface area contributed by atoms with Crippen molar-refractivity contribution in [2.45, 2.75) is 19.3 Å². The van der Waals surface area contributed by atoms with E-state index >= 15 is 0 Å². The van der Waals surface area contributed by atoms with Crippen molar-refractivity contribution in [3.8, 4) is 6.07 Å². The molecule has 6 heteroatoms. The van der Waals surface area contributed by atoms with Crippen molar-refractivity contribution in [3.05, 3.63) is 51.4 Å². The number of benzene rings is 1. The molecule has 5 nitrogen and oxygen atoms in total. The Morgan fingerprint density at radius 1 is 1.23 bits per heavy atom. The lowest BCUT2D eigenvalue weighted by molar-refractivity contribution is 0.0692. The van der Waals surface area contributed by atoms with Crippen LogP contribution in [0.3, 0.4) is 0 Å². The van der Waals surface area contributed by atoms with Gasteiger partial charge in [-0.25, -0.2) is 4.79 Å². The lowest BCUT2D eigenvalue weighted by Gasteiger charge is -2.06. The van der Waals surface area contributed by atoms with Crippen molar-refractivity contribution >= 4 is 28.2 Å². The number of aromatic carboxylic acids is 1. The second-order valence-corrected chi connectivity index (χ2v) is 6.08. The molecule has 3 rings (SSSR count). The number of hydrogen-bond acceptors (Lipinski definition) is 4. The zero-order valence-corrected chi connectivity index (χ0v) is 12.4. The molecule has 1 aliphatic carbocycles. The molecule has 1 aromatic carbocycles. The minimum Gasteiger partial charge on any atom is -0.478 e. The third-order valence-electron chi connectivity index (χ3n) is 3.66. The first-order chi connectivity index (χ1) is 10.6. The summed E-state index contributed by atoms with van der Waals surface area (Å²) in [4.78, 5) is 24.7. The average Bonchev–Trinajstić information content (AvgIpc) is 3.07. The van der Waals surface area contributed by atoms with Gasteiger partial charge in [0.15, 0.2) is 0 Å². The minimum absolute atomic E-state index is 0.0531. The van der Waals surface area contributed by atoms with E-state index in [1.54, 1.807) is 12.1 Å². The molecule has 0 unspecified atom stereocenters. The van der Waals surface area contributed by atoms with Crippen LogP contribution in [0.25, 0.3) is 0 Å². The third kappa shape index (κ3) is 2.36. The van der Waals surface area contributed by atoms with Crippen LogP contribution in [-0.2, 0) is 12.8 Å². The molecule has 0 aliphatic heterocycles. The first kappa shape index (κ1) is 14.3. The second-order valence-electron chi connectivity index (χ2n) is 4.98. The van der Waals surface area contributed by atoms with E-state index in [4.69, 9.17) is 5.11 Å². The van der Waals surface area contributed by atoms with Crippen LogP contribution in [-0.4, -0.2) is 17.0 Å². The summed E-state index contributed by atoms with van der Waals surface area (Å²) in [6.45, 7) is 0. The minimum atomic E-state index is -1.15. The van der Waals surface area contributed by atoms with Gasteiger partial charge in [0, 0.05) is 4.88 Å². The van der Waals surface area contributed by atoms with Gasteiger partial charge in [-0.15, -0.1) is 11.3 Å². The Morgan fingerprint density at radius 3 is 2.64 bits per heavy atom. The third-order valence-corrected chi connectivity index (χ3v) is 4.87. The topological polar surface area (TPSA) is 90.2 Å². The normalized spacial score (nSPS) is 12.5. The quantitative estimate of drug-likeness (QED) is 0.911. The fourth-order valence-electron chi connectivity index (χ4n) is 2.65. The fraction of sp³-hybridized carbons (Fsp3) is 0.188. The number of aryl methyl sites for hydroxylation is 1. The maximum Gasteiger partial charge on any atom is 0.336 e. The predicted molar refractivity (Wildman–Crippen MR) is 82.4 cm³/mol. The monoisotopic (exact) mass is 312 g/mol. The van der Waals surface area contributed by atoms with Gasteiger partial charge >= 0.3 is 5.97 Å². The van der Waals surface area contributed by atoms with Crippen molar-refractivity contribution in [1.29, 1.82) is 5.26 Å². The Hall–Kier alpha value is -2.65. The standard InChI is InChI=1S/C16H12N2O3S/c17-8-12-9-6-3-7-13(9)22-15(12)18-14(19)10-4-1-2-5-11(10)16(20)21/h1-2,4-5H,3,6-7H2,(H,18,19)(H,20,21). The maximum absolute atomic E-state index is 12.4. The van der Waals surface area contributed by atoms with Crippen molar-refractivity contribution in [1.82, 2.24) is 0 Å². The first-order valence-electron chi connectivity index (χ1n) is 6.80. The molecule has 0 fully saturated rings. The molecular weight excluding hydrogens is 300 g/mol. The van der Waals surface area contributed by atoms with Crippen LogP contribution >= 0.6 is 11.3 Å². The molecule has 110 valence electrons. The SMILES string of the molecule is N#Cc1c(NC(=O)c2ccccc2C(=O)O)sc2c1CCC2. The number of carbonyl (C=O) groups is 2. The molecular formula is C16H12N2O3S. The lowest BCUT2D eigenvalue weighted by atomic mass is 10.1. The molecule has 1 aliphatic rings. The Kier molecular flexibility index (Phi) is 3.65. The molecule has 1 heterocycles. The zero-order chi connectivity index (χ0) is 15.7. The van der Waals surface area contributed by atoms with E-state index in [2.05, 4.69) is 11.4 Å². The van der Waals surface area contributed by atoms with Gasteiger partial charge in [-0.05, 0) is 37.0 Å². The Balaban J connectivity index is 1.94. The van der Waals surface area contributed by atoms with E-state index < -0.39 is 11.9 Å². The summed E-state index contributed by atoms with van der Waals surface area (Å²) in [5, 5.41) is 21.7. The van der Waals surface area contributed by atoms with Crippen LogP contribution in [0.5, 0.6) is 0 Å². The predicted octanol–water partition coefficient (Wildman–Crippen LogP) is 3.06. The van der Waals surface area contributed by atoms with Crippen molar-refractivity contribution in [2.75, 3.05) is 5.32 Å². The summed E-state index contributed by atoms with van der Waals surface area (Å²) in [6.07, 6.45) is 2.82. The van der Waals surface area contributed by atoms with Gasteiger partial charge in [0.05, 0.1) is 16.7 Å². The van der Waals surface area contributed by atoms with E-state index in [0.717, 1.165) is 29.7 Å². The summed E-state index contributed by atoms with van der Waals surface area (Å²) >= 11 is 1.41. The van der Waals surface area contributed by atoms with Crippen molar-refractivity contribution in [2.24, 2.45) is 0 Å². The van der Waals surface area contributed by atoms with Gasteiger partial charge in [0.2, 0.25) is 0 Å². The second kappa shape index (κ2) is 5.62. The number of anilines is 1. The lowest BCUT2D eigenvalue weighted by Crippen LogP contribution is -2.16. The number of hydrogen-bond donors (Lipinski definition) is 2. The number of rotatable bonds is 3. The summed E-state index contributed by atoms with van der Waals surface area (Å²) in [7, 11) is 0. The summed E-state index contributed by atoms with van der Waals surface area (Å²) in [5.41, 5.74) is 1.57. The molecule has 0 saturated carbocycles. The highest BCUT2D eigenvalue weighted by molar-refractivity contribution is 7.16.